The Morgan fingerprint density at radius 2 is 1.80 bits per heavy atom. The van der Waals surface area contributed by atoms with Gasteiger partial charge in [0.1, 0.15) is 11.6 Å². The van der Waals surface area contributed by atoms with E-state index in [0.29, 0.717) is 40.8 Å². The summed E-state index contributed by atoms with van der Waals surface area (Å²) in [6, 6.07) is 11.0. The zero-order chi connectivity index (χ0) is 21.4. The van der Waals surface area contributed by atoms with Crippen LogP contribution in [-0.4, -0.2) is 22.3 Å². The van der Waals surface area contributed by atoms with Crippen LogP contribution in [0.5, 0.6) is 5.75 Å². The summed E-state index contributed by atoms with van der Waals surface area (Å²) in [4.78, 5) is 7.56. The molecule has 2 aromatic carbocycles. The topological polar surface area (TPSA) is 37.9 Å². The average molecular weight is 422 g/mol. The predicted octanol–water partition coefficient (Wildman–Crippen LogP) is 6.97. The number of alkyl halides is 5. The number of allylic oxidation sites excluding steroid dienone is 1. The molecule has 158 valence electrons. The van der Waals surface area contributed by atoms with Crippen molar-refractivity contribution in [3.63, 3.8) is 0 Å². The van der Waals surface area contributed by atoms with E-state index in [2.05, 4.69) is 14.7 Å². The summed E-state index contributed by atoms with van der Waals surface area (Å²) >= 11 is 0. The van der Waals surface area contributed by atoms with Crippen molar-refractivity contribution in [2.75, 3.05) is 0 Å². The number of para-hydroxylation sites is 1. The Hall–Kier alpha value is -2.90. The number of aromatic amines is 1. The van der Waals surface area contributed by atoms with E-state index < -0.39 is 12.3 Å². The summed E-state index contributed by atoms with van der Waals surface area (Å²) in [7, 11) is 0. The van der Waals surface area contributed by atoms with Gasteiger partial charge in [-0.3, -0.25) is 0 Å². The number of benzene rings is 2. The first-order valence-electron chi connectivity index (χ1n) is 9.59. The van der Waals surface area contributed by atoms with Gasteiger partial charge in [-0.2, -0.15) is 0 Å². The normalized spacial score (nSPS) is 17.6. The maximum absolute atomic E-state index is 13.3. The van der Waals surface area contributed by atoms with Crippen molar-refractivity contribution < 1.29 is 26.7 Å². The number of nitrogens with zero attached hydrogens (tertiary/aromatic N) is 1. The number of aromatic nitrogens is 2. The van der Waals surface area contributed by atoms with Crippen LogP contribution < -0.4 is 4.74 Å². The zero-order valence-corrected chi connectivity index (χ0v) is 15.8. The van der Waals surface area contributed by atoms with Crippen molar-refractivity contribution in [2.24, 2.45) is 5.92 Å². The van der Waals surface area contributed by atoms with Crippen LogP contribution in [0.15, 0.2) is 48.5 Å². The Morgan fingerprint density at radius 1 is 1.07 bits per heavy atom. The Morgan fingerprint density at radius 3 is 2.53 bits per heavy atom. The van der Waals surface area contributed by atoms with Gasteiger partial charge < -0.3 is 9.72 Å². The molecule has 0 saturated heterocycles. The van der Waals surface area contributed by atoms with Crippen LogP contribution in [0.4, 0.5) is 22.0 Å². The molecule has 0 radical (unpaired) electrons. The second kappa shape index (κ2) is 7.74. The molecule has 1 fully saturated rings. The fourth-order valence-corrected chi connectivity index (χ4v) is 3.68. The Balaban J connectivity index is 1.56. The highest BCUT2D eigenvalue weighted by molar-refractivity contribution is 5.84. The largest absolute Gasteiger partial charge is 0.573 e. The van der Waals surface area contributed by atoms with Gasteiger partial charge in [-0.15, -0.1) is 13.2 Å². The number of ether oxygens (including phenoxy) is 1. The summed E-state index contributed by atoms with van der Waals surface area (Å²) in [5, 5.41) is 0. The van der Waals surface area contributed by atoms with Crippen molar-refractivity contribution in [1.29, 1.82) is 0 Å². The summed E-state index contributed by atoms with van der Waals surface area (Å²) in [5.41, 5.74) is 2.18. The smallest absolute Gasteiger partial charge is 0.405 e. The Labute approximate surface area is 169 Å². The van der Waals surface area contributed by atoms with Gasteiger partial charge in [0.2, 0.25) is 5.92 Å². The molecule has 8 heteroatoms. The molecule has 0 spiro atoms. The van der Waals surface area contributed by atoms with Gasteiger partial charge >= 0.3 is 6.36 Å². The van der Waals surface area contributed by atoms with Crippen LogP contribution in [0.1, 0.15) is 31.5 Å². The second-order valence-electron chi connectivity index (χ2n) is 7.45. The lowest BCUT2D eigenvalue weighted by molar-refractivity contribution is -0.274. The molecule has 0 atom stereocenters. The fourth-order valence-electron chi connectivity index (χ4n) is 3.68. The summed E-state index contributed by atoms with van der Waals surface area (Å²) in [6.45, 7) is 0. The van der Waals surface area contributed by atoms with E-state index in [1.54, 1.807) is 36.4 Å². The van der Waals surface area contributed by atoms with E-state index in [0.717, 1.165) is 0 Å². The van der Waals surface area contributed by atoms with Gasteiger partial charge in [0, 0.05) is 18.4 Å². The van der Waals surface area contributed by atoms with Crippen molar-refractivity contribution in [2.45, 2.75) is 38.0 Å². The fraction of sp³-hybridized carbons (Fsp3) is 0.318. The van der Waals surface area contributed by atoms with E-state index in [1.807, 2.05) is 6.08 Å². The predicted molar refractivity (Wildman–Crippen MR) is 104 cm³/mol. The maximum atomic E-state index is 13.3. The standard InChI is InChI=1S/C22H19F5N2O/c23-21(24)11-9-14(10-12-21)5-8-20-28-17-7-6-15(13-18(17)29-20)16-3-1-2-4-19(16)30-22(25,26)27/h1-8,13-14H,9-12H2,(H,28,29)/b8-5+. The van der Waals surface area contributed by atoms with Gasteiger partial charge in [0.05, 0.1) is 11.0 Å². The number of halogens is 5. The van der Waals surface area contributed by atoms with Crippen molar-refractivity contribution in [1.82, 2.24) is 9.97 Å². The third-order valence-corrected chi connectivity index (χ3v) is 5.21. The van der Waals surface area contributed by atoms with Crippen molar-refractivity contribution >= 4 is 17.1 Å². The molecular formula is C22H19F5N2O. The van der Waals surface area contributed by atoms with E-state index in [-0.39, 0.29) is 24.5 Å². The van der Waals surface area contributed by atoms with Crippen molar-refractivity contribution in [3.8, 4) is 16.9 Å². The molecule has 0 amide bonds. The molecule has 30 heavy (non-hydrogen) atoms. The maximum Gasteiger partial charge on any atom is 0.573 e. The van der Waals surface area contributed by atoms with Gasteiger partial charge in [0.25, 0.3) is 0 Å². The van der Waals surface area contributed by atoms with Gasteiger partial charge in [-0.1, -0.05) is 30.3 Å². The number of H-pyrrole nitrogens is 1. The molecular weight excluding hydrogens is 403 g/mol. The molecule has 3 aromatic rings. The molecule has 1 aliphatic rings. The van der Waals surface area contributed by atoms with E-state index >= 15 is 0 Å². The minimum atomic E-state index is -4.78. The molecule has 1 heterocycles. The minimum absolute atomic E-state index is 0.0831. The molecule has 1 aliphatic carbocycles. The minimum Gasteiger partial charge on any atom is -0.405 e. The lowest BCUT2D eigenvalue weighted by Crippen LogP contribution is -2.23. The summed E-state index contributed by atoms with van der Waals surface area (Å²) < 4.78 is 68.7. The van der Waals surface area contributed by atoms with Crippen LogP contribution in [0.3, 0.4) is 0 Å². The molecule has 1 aromatic heterocycles. The third-order valence-electron chi connectivity index (χ3n) is 5.21. The number of rotatable bonds is 4. The van der Waals surface area contributed by atoms with Gasteiger partial charge in [-0.25, -0.2) is 13.8 Å². The van der Waals surface area contributed by atoms with Crippen LogP contribution >= 0.6 is 0 Å². The number of hydrogen-bond donors (Lipinski definition) is 1. The molecule has 3 nitrogen and oxygen atoms in total. The molecule has 0 aliphatic heterocycles. The zero-order valence-electron chi connectivity index (χ0n) is 15.8. The molecule has 0 unspecified atom stereocenters. The van der Waals surface area contributed by atoms with Crippen LogP contribution in [-0.2, 0) is 0 Å². The third kappa shape index (κ3) is 4.80. The SMILES string of the molecule is FC1(F)CCC(/C=C/c2nc3ccc(-c4ccccc4OC(F)(F)F)cc3[nH]2)CC1. The van der Waals surface area contributed by atoms with Crippen LogP contribution in [0, 0.1) is 5.92 Å². The molecule has 1 N–H and O–H groups in total. The van der Waals surface area contributed by atoms with Crippen LogP contribution in [0.2, 0.25) is 0 Å². The molecule has 0 bridgehead atoms. The van der Waals surface area contributed by atoms with E-state index in [4.69, 9.17) is 0 Å². The van der Waals surface area contributed by atoms with Gasteiger partial charge in [0.15, 0.2) is 0 Å². The highest BCUT2D eigenvalue weighted by atomic mass is 19.4. The lowest BCUT2D eigenvalue weighted by Gasteiger charge is -2.26. The first-order valence-corrected chi connectivity index (χ1v) is 9.59. The quantitative estimate of drug-likeness (QED) is 0.461. The Kier molecular flexibility index (Phi) is 5.26. The number of hydrogen-bond acceptors (Lipinski definition) is 2. The van der Waals surface area contributed by atoms with Crippen LogP contribution in [0.25, 0.3) is 28.2 Å². The number of fused-ring (bicyclic) bond motifs is 1. The first kappa shape index (κ1) is 20.4. The number of imidazole rings is 1. The number of nitrogens with one attached hydrogen (secondary N) is 1. The highest BCUT2D eigenvalue weighted by Gasteiger charge is 2.34. The molecule has 4 rings (SSSR count). The second-order valence-corrected chi connectivity index (χ2v) is 7.45. The van der Waals surface area contributed by atoms with Crippen molar-refractivity contribution in [3.05, 3.63) is 54.4 Å². The average Bonchev–Trinajstić information content (AvgIpc) is 3.08. The Bertz CT molecular complexity index is 1060. The van der Waals surface area contributed by atoms with E-state index in [9.17, 15) is 22.0 Å². The first-order chi connectivity index (χ1) is 14.2. The lowest BCUT2D eigenvalue weighted by atomic mass is 9.86. The summed E-state index contributed by atoms with van der Waals surface area (Å²) in [6.07, 6.45) is -0.465. The summed E-state index contributed by atoms with van der Waals surface area (Å²) in [5.74, 6) is -2.19. The monoisotopic (exact) mass is 422 g/mol. The van der Waals surface area contributed by atoms with E-state index in [1.165, 1.54) is 12.1 Å². The molecule has 1 saturated carbocycles. The van der Waals surface area contributed by atoms with Gasteiger partial charge in [-0.05, 0) is 48.6 Å². The highest BCUT2D eigenvalue weighted by Crippen LogP contribution is 2.37.